The van der Waals surface area contributed by atoms with Crippen molar-refractivity contribution in [2.45, 2.75) is 41.5 Å². The molecule has 1 heterocycles. The van der Waals surface area contributed by atoms with E-state index >= 15 is 0 Å². The Bertz CT molecular complexity index is 1620. The fourth-order valence-electron chi connectivity index (χ4n) is 4.30. The predicted molar refractivity (Wildman–Crippen MR) is 185 cm³/mol. The molecule has 0 aliphatic carbocycles. The molecule has 2 nitrogen and oxygen atoms in total. The average Bonchev–Trinajstić information content (AvgIpc) is 3.52. The Kier molecular flexibility index (Phi) is 13.6. The van der Waals surface area contributed by atoms with Crippen LogP contribution in [0, 0.1) is 27.7 Å². The fourth-order valence-corrected chi connectivity index (χ4v) is 4.30. The van der Waals surface area contributed by atoms with Crippen LogP contribution in [0.1, 0.15) is 36.1 Å². The van der Waals surface area contributed by atoms with Gasteiger partial charge >= 0.3 is 0 Å². The number of benzene rings is 6. The standard InChI is InChI=1S/C13H12.C11H10.C8H8O2.C7H8.C2H6/c1-11-7-9-13(10-8-11)12-5-3-2-4-6-12;1-9-5-4-7-10-6-2-3-8-11(9)10;1-6-2-3-7-8(4-6)10-5-9-7;1-7-5-3-2-4-6-7;1-2/h2-10H,1H3;2-8H,1H3;2-4H,5H2,1H3;2-6H,1H3;1-2H3. The molecule has 6 aromatic carbocycles. The third kappa shape index (κ3) is 10.8. The highest BCUT2D eigenvalue weighted by Gasteiger charge is 2.11. The Hall–Kier alpha value is -4.82. The van der Waals surface area contributed by atoms with Crippen LogP contribution >= 0.6 is 0 Å². The van der Waals surface area contributed by atoms with Gasteiger partial charge in [0, 0.05) is 0 Å². The van der Waals surface area contributed by atoms with Gasteiger partial charge in [0.15, 0.2) is 11.5 Å². The summed E-state index contributed by atoms with van der Waals surface area (Å²) in [5.41, 5.74) is 7.74. The molecule has 0 saturated carbocycles. The van der Waals surface area contributed by atoms with Crippen molar-refractivity contribution >= 4 is 10.8 Å². The molecule has 0 atom stereocenters. The van der Waals surface area contributed by atoms with Crippen LogP contribution in [0.3, 0.4) is 0 Å². The lowest BCUT2D eigenvalue weighted by Gasteiger charge is -2.00. The summed E-state index contributed by atoms with van der Waals surface area (Å²) in [6.45, 7) is 12.7. The first-order valence-electron chi connectivity index (χ1n) is 14.9. The van der Waals surface area contributed by atoms with Crippen LogP contribution in [-0.4, -0.2) is 6.79 Å². The van der Waals surface area contributed by atoms with E-state index in [0.29, 0.717) is 6.79 Å². The molecule has 0 spiro atoms. The van der Waals surface area contributed by atoms with E-state index in [-0.39, 0.29) is 0 Å². The second-order valence-electron chi connectivity index (χ2n) is 10.0. The number of ether oxygens (including phenoxy) is 2. The lowest BCUT2D eigenvalue weighted by molar-refractivity contribution is 0.174. The summed E-state index contributed by atoms with van der Waals surface area (Å²) < 4.78 is 10.3. The number of hydrogen-bond acceptors (Lipinski definition) is 2. The number of rotatable bonds is 1. The molecule has 6 aromatic rings. The minimum absolute atomic E-state index is 0.360. The largest absolute Gasteiger partial charge is 0.454 e. The Morgan fingerprint density at radius 1 is 0.419 bits per heavy atom. The molecule has 0 fully saturated rings. The normalized spacial score (nSPS) is 10.4. The molecule has 0 N–H and O–H groups in total. The molecular formula is C41H44O2. The van der Waals surface area contributed by atoms with Gasteiger partial charge < -0.3 is 9.47 Å². The van der Waals surface area contributed by atoms with Crippen LogP contribution in [0.4, 0.5) is 0 Å². The van der Waals surface area contributed by atoms with Crippen molar-refractivity contribution in [3.05, 3.63) is 168 Å². The Morgan fingerprint density at radius 2 is 0.930 bits per heavy atom. The van der Waals surface area contributed by atoms with Crippen molar-refractivity contribution in [1.29, 1.82) is 0 Å². The fraction of sp³-hybridized carbons (Fsp3) is 0.171. The van der Waals surface area contributed by atoms with Crippen LogP contribution in [0.15, 0.2) is 146 Å². The minimum atomic E-state index is 0.360. The smallest absolute Gasteiger partial charge is 0.231 e. The van der Waals surface area contributed by atoms with Gasteiger partial charge in [-0.3, -0.25) is 0 Å². The van der Waals surface area contributed by atoms with E-state index in [4.69, 9.17) is 9.47 Å². The maximum Gasteiger partial charge on any atom is 0.231 e. The highest BCUT2D eigenvalue weighted by molar-refractivity contribution is 5.85. The molecule has 2 heteroatoms. The van der Waals surface area contributed by atoms with Gasteiger partial charge in [-0.05, 0) is 72.9 Å². The van der Waals surface area contributed by atoms with Crippen molar-refractivity contribution < 1.29 is 9.47 Å². The van der Waals surface area contributed by atoms with Gasteiger partial charge in [-0.2, -0.15) is 0 Å². The van der Waals surface area contributed by atoms with Crippen molar-refractivity contribution in [3.63, 3.8) is 0 Å². The molecule has 1 aliphatic rings. The molecule has 0 radical (unpaired) electrons. The molecule has 0 saturated heterocycles. The van der Waals surface area contributed by atoms with Gasteiger partial charge in [-0.15, -0.1) is 0 Å². The van der Waals surface area contributed by atoms with Crippen LogP contribution in [-0.2, 0) is 0 Å². The lowest BCUT2D eigenvalue weighted by Crippen LogP contribution is -1.92. The molecule has 43 heavy (non-hydrogen) atoms. The zero-order chi connectivity index (χ0) is 30.9. The second-order valence-corrected chi connectivity index (χ2v) is 10.0. The summed E-state index contributed by atoms with van der Waals surface area (Å²) in [5.74, 6) is 1.71. The van der Waals surface area contributed by atoms with E-state index in [1.165, 1.54) is 44.2 Å². The van der Waals surface area contributed by atoms with Crippen LogP contribution < -0.4 is 9.47 Å². The molecule has 0 unspecified atom stereocenters. The quantitative estimate of drug-likeness (QED) is 0.196. The number of fused-ring (bicyclic) bond motifs is 2. The van der Waals surface area contributed by atoms with Gasteiger partial charge in [0.25, 0.3) is 0 Å². The van der Waals surface area contributed by atoms with E-state index in [1.54, 1.807) is 0 Å². The summed E-state index contributed by atoms with van der Waals surface area (Å²) in [5, 5.41) is 2.68. The molecule has 220 valence electrons. The van der Waals surface area contributed by atoms with Crippen molar-refractivity contribution in [3.8, 4) is 22.6 Å². The summed E-state index contributed by atoms with van der Waals surface area (Å²) in [7, 11) is 0. The van der Waals surface area contributed by atoms with E-state index in [9.17, 15) is 0 Å². The van der Waals surface area contributed by atoms with E-state index in [1.807, 2.05) is 63.2 Å². The second kappa shape index (κ2) is 17.9. The van der Waals surface area contributed by atoms with Crippen molar-refractivity contribution in [1.82, 2.24) is 0 Å². The topological polar surface area (TPSA) is 18.5 Å². The zero-order valence-corrected chi connectivity index (χ0v) is 26.4. The van der Waals surface area contributed by atoms with Gasteiger partial charge in [-0.1, -0.05) is 158 Å². The molecule has 0 amide bonds. The third-order valence-electron chi connectivity index (χ3n) is 6.63. The summed E-state index contributed by atoms with van der Waals surface area (Å²) in [4.78, 5) is 0. The van der Waals surface area contributed by atoms with Gasteiger partial charge in [0.2, 0.25) is 6.79 Å². The number of aryl methyl sites for hydroxylation is 4. The zero-order valence-electron chi connectivity index (χ0n) is 26.4. The molecule has 0 bridgehead atoms. The third-order valence-corrected chi connectivity index (χ3v) is 6.63. The van der Waals surface area contributed by atoms with Gasteiger partial charge in [0.05, 0.1) is 0 Å². The first-order chi connectivity index (χ1) is 21.0. The minimum Gasteiger partial charge on any atom is -0.454 e. The van der Waals surface area contributed by atoms with Crippen molar-refractivity contribution in [2.75, 3.05) is 6.79 Å². The van der Waals surface area contributed by atoms with Crippen LogP contribution in [0.25, 0.3) is 21.9 Å². The molecular weight excluding hydrogens is 524 g/mol. The molecule has 0 aromatic heterocycles. The highest BCUT2D eigenvalue weighted by atomic mass is 16.7. The Morgan fingerprint density at radius 3 is 1.56 bits per heavy atom. The average molecular weight is 569 g/mol. The van der Waals surface area contributed by atoms with E-state index < -0.39 is 0 Å². The van der Waals surface area contributed by atoms with Gasteiger partial charge in [0.1, 0.15) is 0 Å². The van der Waals surface area contributed by atoms with E-state index in [0.717, 1.165) is 11.5 Å². The first kappa shape index (κ1) is 32.7. The van der Waals surface area contributed by atoms with E-state index in [2.05, 4.69) is 124 Å². The Labute approximate surface area is 258 Å². The maximum absolute atomic E-state index is 5.16. The summed E-state index contributed by atoms with van der Waals surface area (Å²) >= 11 is 0. The predicted octanol–water partition coefficient (Wildman–Crippen LogP) is 11.6. The maximum atomic E-state index is 5.16. The summed E-state index contributed by atoms with van der Waals surface area (Å²) in [6, 6.07) is 50.0. The first-order valence-corrected chi connectivity index (χ1v) is 14.9. The molecule has 1 aliphatic heterocycles. The lowest BCUT2D eigenvalue weighted by atomic mass is 10.0. The van der Waals surface area contributed by atoms with Crippen LogP contribution in [0.5, 0.6) is 11.5 Å². The number of hydrogen-bond donors (Lipinski definition) is 0. The summed E-state index contributed by atoms with van der Waals surface area (Å²) in [6.07, 6.45) is 0. The molecule has 7 rings (SSSR count). The highest BCUT2D eigenvalue weighted by Crippen LogP contribution is 2.32. The Balaban J connectivity index is 0.000000157. The SMILES string of the molecule is CC.Cc1ccc(-c2ccccc2)cc1.Cc1ccc2c(c1)OCO2.Cc1cccc2ccccc12.Cc1ccccc1. The van der Waals surface area contributed by atoms with Crippen molar-refractivity contribution in [2.24, 2.45) is 0 Å². The van der Waals surface area contributed by atoms with Crippen LogP contribution in [0.2, 0.25) is 0 Å². The van der Waals surface area contributed by atoms with Gasteiger partial charge in [-0.25, -0.2) is 0 Å². The monoisotopic (exact) mass is 568 g/mol.